The topological polar surface area (TPSA) is 56.6 Å². The second-order valence-corrected chi connectivity index (χ2v) is 8.08. The molecule has 0 saturated carbocycles. The predicted octanol–water partition coefficient (Wildman–Crippen LogP) is 6.27. The minimum Gasteiger partial charge on any atom is -0.321 e. The van der Waals surface area contributed by atoms with Gasteiger partial charge in [-0.3, -0.25) is 4.79 Å². The summed E-state index contributed by atoms with van der Waals surface area (Å²) in [5, 5.41) is 10.3. The molecule has 2 heterocycles. The molecule has 0 atom stereocenters. The van der Waals surface area contributed by atoms with Crippen LogP contribution in [-0.4, -0.2) is 4.98 Å². The molecule has 126 valence electrons. The summed E-state index contributed by atoms with van der Waals surface area (Å²) >= 11 is 17.1. The third-order valence-electron chi connectivity index (χ3n) is 3.72. The van der Waals surface area contributed by atoms with Gasteiger partial charge in [-0.2, -0.15) is 5.26 Å². The fraction of sp³-hybridized carbons (Fsp3) is 0.111. The van der Waals surface area contributed by atoms with Crippen molar-refractivity contribution in [3.8, 4) is 27.8 Å². The summed E-state index contributed by atoms with van der Waals surface area (Å²) in [5.74, 6) is 0. The van der Waals surface area contributed by atoms with E-state index in [4.69, 9.17) is 23.2 Å². The summed E-state index contributed by atoms with van der Waals surface area (Å²) < 4.78 is 0.982. The SMILES string of the molecule is CCc1sc(-c2cc(-c3ccc(Cl)c(Cl)c3)[nH]c(=O)c2C#N)cc1Br. The Balaban J connectivity index is 2.24. The Morgan fingerprint density at radius 2 is 2.00 bits per heavy atom. The third kappa shape index (κ3) is 3.54. The van der Waals surface area contributed by atoms with Gasteiger partial charge in [0.15, 0.2) is 0 Å². The summed E-state index contributed by atoms with van der Waals surface area (Å²) in [6.45, 7) is 2.06. The van der Waals surface area contributed by atoms with Gasteiger partial charge in [0.2, 0.25) is 0 Å². The fourth-order valence-electron chi connectivity index (χ4n) is 2.46. The van der Waals surface area contributed by atoms with Gasteiger partial charge >= 0.3 is 0 Å². The van der Waals surface area contributed by atoms with Crippen LogP contribution in [0.15, 0.2) is 39.6 Å². The van der Waals surface area contributed by atoms with Crippen LogP contribution in [0.1, 0.15) is 17.4 Å². The van der Waals surface area contributed by atoms with Gasteiger partial charge in [-0.15, -0.1) is 11.3 Å². The average molecular weight is 454 g/mol. The number of nitrogens with one attached hydrogen (secondary N) is 1. The lowest BCUT2D eigenvalue weighted by molar-refractivity contribution is 1.18. The monoisotopic (exact) mass is 452 g/mol. The van der Waals surface area contributed by atoms with E-state index >= 15 is 0 Å². The van der Waals surface area contributed by atoms with Crippen molar-refractivity contribution in [1.29, 1.82) is 5.26 Å². The van der Waals surface area contributed by atoms with Gasteiger partial charge < -0.3 is 4.98 Å². The Hall–Kier alpha value is -1.58. The summed E-state index contributed by atoms with van der Waals surface area (Å²) in [6, 6.07) is 10.9. The Bertz CT molecular complexity index is 1070. The molecular weight excluding hydrogens is 443 g/mol. The summed E-state index contributed by atoms with van der Waals surface area (Å²) in [5.41, 5.74) is 1.59. The van der Waals surface area contributed by atoms with Crippen LogP contribution >= 0.6 is 50.5 Å². The molecule has 1 N–H and O–H groups in total. The molecule has 0 radical (unpaired) electrons. The first-order valence-electron chi connectivity index (χ1n) is 7.36. The van der Waals surface area contributed by atoms with Crippen LogP contribution in [0, 0.1) is 11.3 Å². The number of H-pyrrole nitrogens is 1. The lowest BCUT2D eigenvalue weighted by Gasteiger charge is -2.07. The highest BCUT2D eigenvalue weighted by molar-refractivity contribution is 9.10. The third-order valence-corrected chi connectivity index (χ3v) is 6.74. The first kappa shape index (κ1) is 18.2. The van der Waals surface area contributed by atoms with Crippen molar-refractivity contribution in [2.45, 2.75) is 13.3 Å². The second kappa shape index (κ2) is 7.35. The van der Waals surface area contributed by atoms with Gasteiger partial charge in [0, 0.05) is 25.5 Å². The van der Waals surface area contributed by atoms with Crippen molar-refractivity contribution < 1.29 is 0 Å². The molecule has 3 aromatic rings. The second-order valence-electron chi connectivity index (χ2n) is 5.28. The van der Waals surface area contributed by atoms with E-state index in [-0.39, 0.29) is 5.56 Å². The number of aromatic amines is 1. The molecule has 0 unspecified atom stereocenters. The minimum atomic E-state index is -0.427. The maximum atomic E-state index is 12.4. The van der Waals surface area contributed by atoms with Crippen molar-refractivity contribution in [3.63, 3.8) is 0 Å². The number of aromatic nitrogens is 1. The molecule has 2 aromatic heterocycles. The number of hydrogen-bond donors (Lipinski definition) is 1. The van der Waals surface area contributed by atoms with E-state index in [0.29, 0.717) is 21.3 Å². The standard InChI is InChI=1S/C18H11BrCl2N2OS/c1-2-16-12(19)7-17(25-16)10-6-15(23-18(24)11(10)8-22)9-3-4-13(20)14(21)5-9/h3-7H,2H2,1H3,(H,23,24). The highest BCUT2D eigenvalue weighted by Gasteiger charge is 2.16. The Morgan fingerprint density at radius 1 is 1.24 bits per heavy atom. The Kier molecular flexibility index (Phi) is 5.35. The van der Waals surface area contributed by atoms with Gasteiger partial charge in [0.25, 0.3) is 5.56 Å². The number of nitrogens with zero attached hydrogens (tertiary/aromatic N) is 1. The number of halogens is 3. The van der Waals surface area contributed by atoms with Crippen molar-refractivity contribution in [2.24, 2.45) is 0 Å². The lowest BCUT2D eigenvalue weighted by atomic mass is 10.0. The molecule has 0 aliphatic heterocycles. The summed E-state index contributed by atoms with van der Waals surface area (Å²) in [6.07, 6.45) is 0.871. The summed E-state index contributed by atoms with van der Waals surface area (Å²) in [7, 11) is 0. The van der Waals surface area contributed by atoms with Crippen LogP contribution < -0.4 is 5.56 Å². The molecule has 0 spiro atoms. The predicted molar refractivity (Wildman–Crippen MR) is 108 cm³/mol. The number of aryl methyl sites for hydroxylation is 1. The quantitative estimate of drug-likeness (QED) is 0.507. The zero-order valence-electron chi connectivity index (χ0n) is 13.0. The van der Waals surface area contributed by atoms with E-state index in [1.807, 2.05) is 12.1 Å². The molecule has 1 aromatic carbocycles. The highest BCUT2D eigenvalue weighted by Crippen LogP contribution is 2.37. The first-order chi connectivity index (χ1) is 11.9. The minimum absolute atomic E-state index is 0.0974. The normalized spacial score (nSPS) is 10.7. The number of nitriles is 1. The van der Waals surface area contributed by atoms with Crippen LogP contribution in [0.3, 0.4) is 0 Å². The Labute approximate surface area is 167 Å². The van der Waals surface area contributed by atoms with E-state index in [9.17, 15) is 10.1 Å². The molecule has 0 aliphatic carbocycles. The van der Waals surface area contributed by atoms with Crippen molar-refractivity contribution in [1.82, 2.24) is 4.98 Å². The van der Waals surface area contributed by atoms with E-state index in [1.165, 1.54) is 0 Å². The average Bonchev–Trinajstić information content (AvgIpc) is 2.97. The highest BCUT2D eigenvalue weighted by atomic mass is 79.9. The van der Waals surface area contributed by atoms with Gasteiger partial charge in [-0.1, -0.05) is 36.2 Å². The smallest absolute Gasteiger partial charge is 0.267 e. The van der Waals surface area contributed by atoms with E-state index in [2.05, 4.69) is 27.8 Å². The van der Waals surface area contributed by atoms with Crippen LogP contribution in [0.5, 0.6) is 0 Å². The van der Waals surface area contributed by atoms with Gasteiger partial charge in [-0.25, -0.2) is 0 Å². The number of pyridine rings is 1. The van der Waals surface area contributed by atoms with E-state index < -0.39 is 5.56 Å². The van der Waals surface area contributed by atoms with Gasteiger partial charge in [0.05, 0.1) is 10.0 Å². The van der Waals surface area contributed by atoms with Gasteiger partial charge in [-0.05, 0) is 52.2 Å². The van der Waals surface area contributed by atoms with Crippen molar-refractivity contribution in [2.75, 3.05) is 0 Å². The van der Waals surface area contributed by atoms with Crippen LogP contribution in [0.25, 0.3) is 21.7 Å². The van der Waals surface area contributed by atoms with Gasteiger partial charge in [0.1, 0.15) is 11.6 Å². The van der Waals surface area contributed by atoms with Crippen LogP contribution in [0.4, 0.5) is 0 Å². The van der Waals surface area contributed by atoms with Crippen molar-refractivity contribution in [3.05, 3.63) is 65.6 Å². The zero-order chi connectivity index (χ0) is 18.1. The molecule has 0 bridgehead atoms. The molecule has 0 aliphatic rings. The molecule has 0 amide bonds. The van der Waals surface area contributed by atoms with E-state index in [0.717, 1.165) is 26.2 Å². The lowest BCUT2D eigenvalue weighted by Crippen LogP contribution is -2.12. The molecule has 3 nitrogen and oxygen atoms in total. The zero-order valence-corrected chi connectivity index (χ0v) is 16.9. The number of hydrogen-bond acceptors (Lipinski definition) is 3. The number of rotatable bonds is 3. The van der Waals surface area contributed by atoms with E-state index in [1.54, 1.807) is 35.6 Å². The van der Waals surface area contributed by atoms with Crippen LogP contribution in [-0.2, 0) is 6.42 Å². The fourth-order valence-corrected chi connectivity index (χ4v) is 4.68. The number of thiophene rings is 1. The maximum Gasteiger partial charge on any atom is 0.267 e. The molecule has 0 fully saturated rings. The largest absolute Gasteiger partial charge is 0.321 e. The molecule has 7 heteroatoms. The Morgan fingerprint density at radius 3 is 2.60 bits per heavy atom. The molecule has 25 heavy (non-hydrogen) atoms. The van der Waals surface area contributed by atoms with Crippen LogP contribution in [0.2, 0.25) is 10.0 Å². The maximum absolute atomic E-state index is 12.4. The molecular formula is C18H11BrCl2N2OS. The first-order valence-corrected chi connectivity index (χ1v) is 9.72. The number of benzene rings is 1. The summed E-state index contributed by atoms with van der Waals surface area (Å²) in [4.78, 5) is 17.2. The van der Waals surface area contributed by atoms with Crippen molar-refractivity contribution >= 4 is 50.5 Å². The molecule has 3 rings (SSSR count). The molecule has 0 saturated heterocycles.